The number of anilines is 3. The lowest BCUT2D eigenvalue weighted by molar-refractivity contribution is 0.0466. The summed E-state index contributed by atoms with van der Waals surface area (Å²) in [6.45, 7) is 10.8. The van der Waals surface area contributed by atoms with Gasteiger partial charge in [-0.05, 0) is 75.5 Å². The summed E-state index contributed by atoms with van der Waals surface area (Å²) in [5, 5.41) is 5.99. The van der Waals surface area contributed by atoms with E-state index in [9.17, 15) is 9.59 Å². The third-order valence-electron chi connectivity index (χ3n) is 5.28. The highest BCUT2D eigenvalue weighted by Crippen LogP contribution is 2.18. The van der Waals surface area contributed by atoms with Gasteiger partial charge in [-0.25, -0.2) is 14.8 Å². The maximum absolute atomic E-state index is 12.7. The minimum Gasteiger partial charge on any atom is -0.461 e. The Labute approximate surface area is 200 Å². The first-order chi connectivity index (χ1) is 16.4. The lowest BCUT2D eigenvalue weighted by Gasteiger charge is -2.17. The molecule has 0 aliphatic carbocycles. The lowest BCUT2D eigenvalue weighted by atomic mass is 10.1. The molecule has 2 N–H and O–H groups in total. The SMILES string of the molecule is CCN(CC)CCOC(=O)c1ccc(NC(=O)c2cccc(Nc3nc(C)cc(C)n3)c2)cc1. The Morgan fingerprint density at radius 1 is 0.882 bits per heavy atom. The van der Waals surface area contributed by atoms with Crippen molar-refractivity contribution in [3.8, 4) is 0 Å². The van der Waals surface area contributed by atoms with E-state index in [2.05, 4.69) is 39.3 Å². The number of aromatic nitrogens is 2. The van der Waals surface area contributed by atoms with Crippen LogP contribution in [0.3, 0.4) is 0 Å². The summed E-state index contributed by atoms with van der Waals surface area (Å²) in [6, 6.07) is 15.6. The molecule has 3 aromatic rings. The van der Waals surface area contributed by atoms with E-state index >= 15 is 0 Å². The predicted molar refractivity (Wildman–Crippen MR) is 134 cm³/mol. The van der Waals surface area contributed by atoms with Crippen molar-refractivity contribution in [1.29, 1.82) is 0 Å². The first-order valence-corrected chi connectivity index (χ1v) is 11.4. The summed E-state index contributed by atoms with van der Waals surface area (Å²) >= 11 is 0. The topological polar surface area (TPSA) is 96.5 Å². The maximum Gasteiger partial charge on any atom is 0.338 e. The number of likely N-dealkylation sites (N-methyl/N-ethyl adjacent to an activating group) is 1. The third-order valence-corrected chi connectivity index (χ3v) is 5.28. The van der Waals surface area contributed by atoms with Crippen molar-refractivity contribution in [3.05, 3.63) is 77.1 Å². The van der Waals surface area contributed by atoms with Gasteiger partial charge < -0.3 is 20.3 Å². The Bertz CT molecular complexity index is 1110. The van der Waals surface area contributed by atoms with E-state index < -0.39 is 0 Å². The monoisotopic (exact) mass is 461 g/mol. The van der Waals surface area contributed by atoms with Crippen molar-refractivity contribution in [3.63, 3.8) is 0 Å². The van der Waals surface area contributed by atoms with Gasteiger partial charge >= 0.3 is 5.97 Å². The number of esters is 1. The molecule has 3 rings (SSSR count). The number of hydrogen-bond donors (Lipinski definition) is 2. The number of ether oxygens (including phenoxy) is 1. The number of hydrogen-bond acceptors (Lipinski definition) is 7. The van der Waals surface area contributed by atoms with Gasteiger partial charge in [0.15, 0.2) is 0 Å². The molecule has 1 aromatic heterocycles. The van der Waals surface area contributed by atoms with E-state index in [0.717, 1.165) is 24.5 Å². The molecule has 8 heteroatoms. The second kappa shape index (κ2) is 11.9. The first kappa shape index (κ1) is 24.9. The number of nitrogens with zero attached hydrogens (tertiary/aromatic N) is 3. The molecule has 0 atom stereocenters. The molecule has 0 unspecified atom stereocenters. The number of aryl methyl sites for hydroxylation is 2. The van der Waals surface area contributed by atoms with Crippen LogP contribution in [-0.4, -0.2) is 53.0 Å². The van der Waals surface area contributed by atoms with E-state index in [1.165, 1.54) is 0 Å². The number of carbonyl (C=O) groups is 2. The highest BCUT2D eigenvalue weighted by molar-refractivity contribution is 6.05. The largest absolute Gasteiger partial charge is 0.461 e. The average molecular weight is 462 g/mol. The molecule has 0 saturated heterocycles. The van der Waals surface area contributed by atoms with Crippen LogP contribution >= 0.6 is 0 Å². The molecule has 34 heavy (non-hydrogen) atoms. The van der Waals surface area contributed by atoms with Gasteiger partial charge in [0.1, 0.15) is 6.61 Å². The zero-order valence-corrected chi connectivity index (χ0v) is 20.1. The Morgan fingerprint density at radius 3 is 2.21 bits per heavy atom. The van der Waals surface area contributed by atoms with Crippen LogP contribution in [0.15, 0.2) is 54.6 Å². The Hall–Kier alpha value is -3.78. The van der Waals surface area contributed by atoms with Gasteiger partial charge in [0, 0.05) is 34.9 Å². The Morgan fingerprint density at radius 2 is 1.56 bits per heavy atom. The number of amides is 1. The van der Waals surface area contributed by atoms with Gasteiger partial charge in [-0.1, -0.05) is 19.9 Å². The van der Waals surface area contributed by atoms with Crippen LogP contribution in [0.2, 0.25) is 0 Å². The molecule has 178 valence electrons. The second-order valence-electron chi connectivity index (χ2n) is 7.87. The van der Waals surface area contributed by atoms with Crippen LogP contribution in [-0.2, 0) is 4.74 Å². The van der Waals surface area contributed by atoms with Gasteiger partial charge in [-0.3, -0.25) is 4.79 Å². The maximum atomic E-state index is 12.7. The summed E-state index contributed by atoms with van der Waals surface area (Å²) in [7, 11) is 0. The Kier molecular flexibility index (Phi) is 8.70. The summed E-state index contributed by atoms with van der Waals surface area (Å²) in [5.41, 5.74) is 3.94. The van der Waals surface area contributed by atoms with E-state index in [4.69, 9.17) is 4.74 Å². The molecule has 0 fully saturated rings. The fourth-order valence-electron chi connectivity index (χ4n) is 3.43. The molecular formula is C26H31N5O3. The fourth-order valence-corrected chi connectivity index (χ4v) is 3.43. The highest BCUT2D eigenvalue weighted by Gasteiger charge is 2.11. The van der Waals surface area contributed by atoms with Crippen molar-refractivity contribution in [2.75, 3.05) is 36.9 Å². The summed E-state index contributed by atoms with van der Waals surface area (Å²) in [6.07, 6.45) is 0. The summed E-state index contributed by atoms with van der Waals surface area (Å²) in [5.74, 6) is -0.161. The van der Waals surface area contributed by atoms with E-state index in [-0.39, 0.29) is 11.9 Å². The zero-order chi connectivity index (χ0) is 24.5. The molecule has 1 heterocycles. The van der Waals surface area contributed by atoms with E-state index in [1.54, 1.807) is 42.5 Å². The molecular weight excluding hydrogens is 430 g/mol. The van der Waals surface area contributed by atoms with Crippen LogP contribution in [0.1, 0.15) is 46.0 Å². The van der Waals surface area contributed by atoms with Crippen molar-refractivity contribution in [1.82, 2.24) is 14.9 Å². The smallest absolute Gasteiger partial charge is 0.338 e. The van der Waals surface area contributed by atoms with E-state index in [1.807, 2.05) is 26.0 Å². The van der Waals surface area contributed by atoms with Crippen molar-refractivity contribution >= 4 is 29.2 Å². The van der Waals surface area contributed by atoms with Gasteiger partial charge in [-0.15, -0.1) is 0 Å². The molecule has 0 aliphatic rings. The van der Waals surface area contributed by atoms with Gasteiger partial charge in [0.25, 0.3) is 5.91 Å². The average Bonchev–Trinajstić information content (AvgIpc) is 2.81. The van der Waals surface area contributed by atoms with Gasteiger partial charge in [0.05, 0.1) is 5.56 Å². The molecule has 0 radical (unpaired) electrons. The lowest BCUT2D eigenvalue weighted by Crippen LogP contribution is -2.27. The van der Waals surface area contributed by atoms with Crippen LogP contribution in [0.4, 0.5) is 17.3 Å². The summed E-state index contributed by atoms with van der Waals surface area (Å²) < 4.78 is 5.34. The Balaban J connectivity index is 1.58. The third kappa shape index (κ3) is 7.11. The van der Waals surface area contributed by atoms with Gasteiger partial charge in [-0.2, -0.15) is 0 Å². The molecule has 2 aromatic carbocycles. The minimum atomic E-state index is -0.377. The van der Waals surface area contributed by atoms with Crippen molar-refractivity contribution in [2.24, 2.45) is 0 Å². The molecule has 0 saturated carbocycles. The molecule has 1 amide bonds. The minimum absolute atomic E-state index is 0.264. The molecule has 0 bridgehead atoms. The van der Waals surface area contributed by atoms with Crippen molar-refractivity contribution < 1.29 is 14.3 Å². The molecule has 8 nitrogen and oxygen atoms in total. The standard InChI is InChI=1S/C26H31N5O3/c1-5-31(6-2)14-15-34-25(33)20-10-12-22(13-11-20)29-24(32)21-8-7-9-23(17-21)30-26-27-18(3)16-19(4)28-26/h7-13,16-17H,5-6,14-15H2,1-4H3,(H,29,32)(H,27,28,30). The van der Waals surface area contributed by atoms with E-state index in [0.29, 0.717) is 41.6 Å². The highest BCUT2D eigenvalue weighted by atomic mass is 16.5. The second-order valence-corrected chi connectivity index (χ2v) is 7.87. The quantitative estimate of drug-likeness (QED) is 0.426. The fraction of sp³-hybridized carbons (Fsp3) is 0.308. The molecule has 0 spiro atoms. The predicted octanol–water partition coefficient (Wildman–Crippen LogP) is 4.59. The van der Waals surface area contributed by atoms with Crippen LogP contribution in [0.25, 0.3) is 0 Å². The normalized spacial score (nSPS) is 10.7. The summed E-state index contributed by atoms with van der Waals surface area (Å²) in [4.78, 5) is 35.9. The zero-order valence-electron chi connectivity index (χ0n) is 20.1. The first-order valence-electron chi connectivity index (χ1n) is 11.4. The van der Waals surface area contributed by atoms with Crippen LogP contribution in [0.5, 0.6) is 0 Å². The van der Waals surface area contributed by atoms with Gasteiger partial charge in [0.2, 0.25) is 5.95 Å². The molecule has 0 aliphatic heterocycles. The number of benzene rings is 2. The van der Waals surface area contributed by atoms with Crippen LogP contribution in [0, 0.1) is 13.8 Å². The van der Waals surface area contributed by atoms with Crippen LogP contribution < -0.4 is 10.6 Å². The van der Waals surface area contributed by atoms with Crippen molar-refractivity contribution in [2.45, 2.75) is 27.7 Å². The number of carbonyl (C=O) groups excluding carboxylic acids is 2. The number of rotatable bonds is 10. The number of nitrogens with one attached hydrogen (secondary N) is 2.